The molecule has 16 heavy (non-hydrogen) atoms. The summed E-state index contributed by atoms with van der Waals surface area (Å²) in [6.07, 6.45) is -0.706. The van der Waals surface area contributed by atoms with Gasteiger partial charge in [0.2, 0.25) is 0 Å². The van der Waals surface area contributed by atoms with Crippen LogP contribution in [-0.4, -0.2) is 13.2 Å². The van der Waals surface area contributed by atoms with E-state index in [1.807, 2.05) is 0 Å². The number of rotatable bonds is 1. The Morgan fingerprint density at radius 2 is 1.69 bits per heavy atom. The summed E-state index contributed by atoms with van der Waals surface area (Å²) in [5.41, 5.74) is 0. The third-order valence-corrected chi connectivity index (χ3v) is 4.88. The maximum atomic E-state index is 13.9. The van der Waals surface area contributed by atoms with Crippen molar-refractivity contribution in [2.45, 2.75) is 6.29 Å². The van der Waals surface area contributed by atoms with Crippen LogP contribution in [0.1, 0.15) is 11.2 Å². The number of halogens is 3. The SMILES string of the molecule is Fc1c(Cl)sc2c(F)c(C3OCCO3)sc12. The van der Waals surface area contributed by atoms with E-state index in [2.05, 4.69) is 0 Å². The second-order valence-corrected chi connectivity index (χ2v) is 5.88. The summed E-state index contributed by atoms with van der Waals surface area (Å²) in [5, 5.41) is 0. The van der Waals surface area contributed by atoms with Gasteiger partial charge in [-0.3, -0.25) is 0 Å². The van der Waals surface area contributed by atoms with Crippen LogP contribution in [0.4, 0.5) is 8.78 Å². The molecule has 7 heteroatoms. The summed E-state index contributed by atoms with van der Waals surface area (Å²) < 4.78 is 38.2. The van der Waals surface area contributed by atoms with E-state index in [4.69, 9.17) is 21.1 Å². The van der Waals surface area contributed by atoms with Gasteiger partial charge in [0.05, 0.1) is 27.5 Å². The monoisotopic (exact) mass is 282 g/mol. The zero-order chi connectivity index (χ0) is 11.3. The Morgan fingerprint density at radius 3 is 2.31 bits per heavy atom. The lowest BCUT2D eigenvalue weighted by molar-refractivity contribution is -0.0433. The molecule has 0 saturated carbocycles. The summed E-state index contributed by atoms with van der Waals surface area (Å²) in [5.74, 6) is -1.04. The van der Waals surface area contributed by atoms with E-state index in [1.54, 1.807) is 0 Å². The van der Waals surface area contributed by atoms with Gasteiger partial charge in [-0.05, 0) is 0 Å². The normalized spacial score (nSPS) is 17.7. The van der Waals surface area contributed by atoms with Gasteiger partial charge >= 0.3 is 0 Å². The smallest absolute Gasteiger partial charge is 0.196 e. The molecule has 0 bridgehead atoms. The molecule has 3 heterocycles. The minimum Gasteiger partial charge on any atom is -0.345 e. The molecule has 0 spiro atoms. The standard InChI is InChI=1S/C9H5ClF2O2S2/c10-8-4(12)6-5(16-8)3(11)7(15-6)9-13-1-2-14-9/h9H,1-2H2. The number of thiophene rings is 2. The van der Waals surface area contributed by atoms with Crippen molar-refractivity contribution in [2.24, 2.45) is 0 Å². The highest BCUT2D eigenvalue weighted by molar-refractivity contribution is 7.29. The predicted molar refractivity (Wildman–Crippen MR) is 59.3 cm³/mol. The van der Waals surface area contributed by atoms with E-state index in [0.29, 0.717) is 13.2 Å². The maximum absolute atomic E-state index is 13.9. The Morgan fingerprint density at radius 1 is 1.06 bits per heavy atom. The van der Waals surface area contributed by atoms with Crippen LogP contribution in [0.25, 0.3) is 9.40 Å². The van der Waals surface area contributed by atoms with Gasteiger partial charge in [-0.15, -0.1) is 22.7 Å². The average molecular weight is 283 g/mol. The molecule has 0 aliphatic carbocycles. The third kappa shape index (κ3) is 1.48. The van der Waals surface area contributed by atoms with E-state index in [9.17, 15) is 8.78 Å². The van der Waals surface area contributed by atoms with E-state index in [-0.39, 0.29) is 18.6 Å². The largest absolute Gasteiger partial charge is 0.345 e. The summed E-state index contributed by atoms with van der Waals surface area (Å²) in [6, 6.07) is 0. The molecular formula is C9H5ClF2O2S2. The van der Waals surface area contributed by atoms with E-state index >= 15 is 0 Å². The molecule has 3 rings (SSSR count). The Hall–Kier alpha value is -0.270. The lowest BCUT2D eigenvalue weighted by Crippen LogP contribution is -1.96. The summed E-state index contributed by atoms with van der Waals surface area (Å²) in [4.78, 5) is 0.286. The van der Waals surface area contributed by atoms with Crippen LogP contribution in [0.15, 0.2) is 0 Å². The summed E-state index contributed by atoms with van der Waals surface area (Å²) >= 11 is 7.49. The van der Waals surface area contributed by atoms with E-state index in [1.165, 1.54) is 0 Å². The highest BCUT2D eigenvalue weighted by Gasteiger charge is 2.28. The minimum absolute atomic E-state index is 0.0139. The molecule has 0 unspecified atom stereocenters. The molecule has 1 saturated heterocycles. The molecule has 2 aromatic heterocycles. The van der Waals surface area contributed by atoms with Gasteiger partial charge in [-0.1, -0.05) is 11.6 Å². The summed E-state index contributed by atoms with van der Waals surface area (Å²) in [7, 11) is 0. The average Bonchev–Trinajstić information content (AvgIpc) is 2.92. The highest BCUT2D eigenvalue weighted by Crippen LogP contribution is 2.44. The van der Waals surface area contributed by atoms with Crippen molar-refractivity contribution < 1.29 is 18.3 Å². The molecule has 0 atom stereocenters. The number of hydrogen-bond donors (Lipinski definition) is 0. The van der Waals surface area contributed by atoms with Gasteiger partial charge in [0.25, 0.3) is 0 Å². The van der Waals surface area contributed by atoms with Gasteiger partial charge in [0.1, 0.15) is 4.34 Å². The number of fused-ring (bicyclic) bond motifs is 1. The van der Waals surface area contributed by atoms with Crippen molar-refractivity contribution in [3.63, 3.8) is 0 Å². The predicted octanol–water partition coefficient (Wildman–Crippen LogP) is 3.94. The topological polar surface area (TPSA) is 18.5 Å². The van der Waals surface area contributed by atoms with Gasteiger partial charge in [-0.25, -0.2) is 8.78 Å². The first-order chi connectivity index (χ1) is 7.68. The molecule has 0 aromatic carbocycles. The van der Waals surface area contributed by atoms with Crippen LogP contribution in [0, 0.1) is 11.6 Å². The Kier molecular flexibility index (Phi) is 2.64. The Balaban J connectivity index is 2.16. The molecule has 1 fully saturated rings. The van der Waals surface area contributed by atoms with Gasteiger partial charge in [-0.2, -0.15) is 0 Å². The van der Waals surface area contributed by atoms with E-state index < -0.39 is 17.9 Å². The number of ether oxygens (including phenoxy) is 2. The van der Waals surface area contributed by atoms with Crippen molar-refractivity contribution in [1.82, 2.24) is 0 Å². The minimum atomic E-state index is -0.706. The second kappa shape index (κ2) is 3.89. The van der Waals surface area contributed by atoms with Crippen LogP contribution in [0.2, 0.25) is 4.34 Å². The molecule has 1 aliphatic rings. The fourth-order valence-corrected chi connectivity index (χ4v) is 4.07. The van der Waals surface area contributed by atoms with Crippen molar-refractivity contribution in [1.29, 1.82) is 0 Å². The molecule has 86 valence electrons. The molecule has 0 N–H and O–H groups in total. The Labute approximate surface area is 102 Å². The highest BCUT2D eigenvalue weighted by atomic mass is 35.5. The Bertz CT molecular complexity index is 545. The van der Waals surface area contributed by atoms with Crippen LogP contribution < -0.4 is 0 Å². The van der Waals surface area contributed by atoms with Crippen molar-refractivity contribution in [3.8, 4) is 0 Å². The fraction of sp³-hybridized carbons (Fsp3) is 0.333. The van der Waals surface area contributed by atoms with Gasteiger partial charge in [0, 0.05) is 0 Å². The van der Waals surface area contributed by atoms with Crippen molar-refractivity contribution in [2.75, 3.05) is 13.2 Å². The molecule has 0 radical (unpaired) electrons. The maximum Gasteiger partial charge on any atom is 0.196 e. The lowest BCUT2D eigenvalue weighted by atomic mass is 10.4. The third-order valence-electron chi connectivity index (χ3n) is 2.23. The fourth-order valence-electron chi connectivity index (χ4n) is 1.53. The lowest BCUT2D eigenvalue weighted by Gasteiger charge is -2.05. The van der Waals surface area contributed by atoms with Crippen LogP contribution in [-0.2, 0) is 9.47 Å². The zero-order valence-electron chi connectivity index (χ0n) is 7.76. The first kappa shape index (κ1) is 10.9. The van der Waals surface area contributed by atoms with Crippen LogP contribution >= 0.6 is 34.3 Å². The van der Waals surface area contributed by atoms with E-state index in [0.717, 1.165) is 22.7 Å². The first-order valence-electron chi connectivity index (χ1n) is 4.47. The van der Waals surface area contributed by atoms with Crippen molar-refractivity contribution >= 4 is 43.7 Å². The second-order valence-electron chi connectivity index (χ2n) is 3.20. The van der Waals surface area contributed by atoms with Crippen LogP contribution in [0.3, 0.4) is 0 Å². The summed E-state index contributed by atoms with van der Waals surface area (Å²) in [6.45, 7) is 0.859. The molecule has 2 nitrogen and oxygen atoms in total. The van der Waals surface area contributed by atoms with Gasteiger partial charge < -0.3 is 9.47 Å². The molecule has 2 aromatic rings. The van der Waals surface area contributed by atoms with Gasteiger partial charge in [0.15, 0.2) is 17.9 Å². The molecular weight excluding hydrogens is 278 g/mol. The number of hydrogen-bond acceptors (Lipinski definition) is 4. The quantitative estimate of drug-likeness (QED) is 0.789. The van der Waals surface area contributed by atoms with Crippen LogP contribution in [0.5, 0.6) is 0 Å². The van der Waals surface area contributed by atoms with Crippen molar-refractivity contribution in [3.05, 3.63) is 20.8 Å². The molecule has 0 amide bonds. The molecule has 1 aliphatic heterocycles. The first-order valence-corrected chi connectivity index (χ1v) is 6.48. The zero-order valence-corrected chi connectivity index (χ0v) is 10.1.